The van der Waals surface area contributed by atoms with Crippen molar-refractivity contribution >= 4 is 51.1 Å². The molecule has 1 aromatic rings. The van der Waals surface area contributed by atoms with E-state index in [1.54, 1.807) is 39.2 Å². The lowest BCUT2D eigenvalue weighted by Crippen LogP contribution is -2.41. The molecule has 0 aliphatic rings. The zero-order valence-electron chi connectivity index (χ0n) is 12.8. The van der Waals surface area contributed by atoms with Crippen molar-refractivity contribution in [2.75, 3.05) is 19.3 Å². The minimum Gasteiger partial charge on any atom is -0.355 e. The van der Waals surface area contributed by atoms with Crippen LogP contribution in [-0.2, 0) is 16.4 Å². The normalized spacial score (nSPS) is 12.7. The van der Waals surface area contributed by atoms with Gasteiger partial charge in [0.25, 0.3) is 0 Å². The van der Waals surface area contributed by atoms with Gasteiger partial charge in [0.1, 0.15) is 0 Å². The maximum absolute atomic E-state index is 12.0. The minimum absolute atomic E-state index is 0. The largest absolute Gasteiger partial charge is 0.355 e. The Morgan fingerprint density at radius 3 is 2.48 bits per heavy atom. The van der Waals surface area contributed by atoms with Crippen molar-refractivity contribution in [1.29, 1.82) is 0 Å². The van der Waals surface area contributed by atoms with Gasteiger partial charge >= 0.3 is 0 Å². The first-order chi connectivity index (χ1) is 9.26. The van der Waals surface area contributed by atoms with E-state index in [0.29, 0.717) is 19.0 Å². The number of aliphatic imine (C=N–C) groups is 1. The molecule has 1 aromatic heterocycles. The van der Waals surface area contributed by atoms with Crippen LogP contribution in [0.15, 0.2) is 22.5 Å². The third kappa shape index (κ3) is 6.96. The lowest BCUT2D eigenvalue weighted by molar-refractivity contribution is 0.559. The summed E-state index contributed by atoms with van der Waals surface area (Å²) in [5.74, 6) is 0.707. The van der Waals surface area contributed by atoms with E-state index >= 15 is 0 Å². The molecule has 1 rings (SSSR count). The van der Waals surface area contributed by atoms with Gasteiger partial charge in [-0.05, 0) is 32.2 Å². The van der Waals surface area contributed by atoms with Crippen LogP contribution in [0.1, 0.15) is 25.6 Å². The number of guanidine groups is 1. The standard InChI is InChI=1S/C13H23N3O2S2.HI/c1-13(2,3)20(17,18)9-7-15-12(14-4)16-10-11-6-5-8-19-11;/h5-6,8H,7,9-10H2,1-4H3,(H2,14,15,16);1H. The zero-order valence-corrected chi connectivity index (χ0v) is 16.8. The van der Waals surface area contributed by atoms with Gasteiger partial charge in [0.05, 0.1) is 17.0 Å². The molecule has 0 aromatic carbocycles. The van der Waals surface area contributed by atoms with Crippen LogP contribution in [-0.4, -0.2) is 38.5 Å². The molecule has 0 saturated carbocycles. The van der Waals surface area contributed by atoms with Crippen molar-refractivity contribution in [2.45, 2.75) is 32.1 Å². The highest BCUT2D eigenvalue weighted by Gasteiger charge is 2.28. The van der Waals surface area contributed by atoms with E-state index in [1.165, 1.54) is 4.88 Å². The summed E-state index contributed by atoms with van der Waals surface area (Å²) in [5, 5.41) is 8.19. The van der Waals surface area contributed by atoms with Gasteiger partial charge in [0.15, 0.2) is 15.8 Å². The van der Waals surface area contributed by atoms with Gasteiger partial charge in [-0.15, -0.1) is 35.3 Å². The molecule has 0 atom stereocenters. The fourth-order valence-electron chi connectivity index (χ4n) is 1.41. The number of rotatable bonds is 5. The second-order valence-corrected chi connectivity index (χ2v) is 9.26. The van der Waals surface area contributed by atoms with Crippen LogP contribution in [0, 0.1) is 0 Å². The molecule has 0 fully saturated rings. The fraction of sp³-hybridized carbons (Fsp3) is 0.615. The number of sulfone groups is 1. The maximum Gasteiger partial charge on any atom is 0.191 e. The summed E-state index contributed by atoms with van der Waals surface area (Å²) in [4.78, 5) is 5.28. The van der Waals surface area contributed by atoms with Gasteiger partial charge in [-0.1, -0.05) is 6.07 Å². The molecule has 1 heterocycles. The predicted octanol–water partition coefficient (Wildman–Crippen LogP) is 2.24. The highest BCUT2D eigenvalue weighted by molar-refractivity contribution is 14.0. The second-order valence-electron chi connectivity index (χ2n) is 5.36. The number of nitrogens with one attached hydrogen (secondary N) is 2. The molecule has 122 valence electrons. The van der Waals surface area contributed by atoms with Crippen molar-refractivity contribution in [3.05, 3.63) is 22.4 Å². The Morgan fingerprint density at radius 2 is 2.00 bits per heavy atom. The molecule has 0 spiro atoms. The number of hydrogen-bond donors (Lipinski definition) is 2. The molecular formula is C13H24IN3O2S2. The lowest BCUT2D eigenvalue weighted by Gasteiger charge is -2.19. The third-order valence-corrected chi connectivity index (χ3v) is 6.31. The third-order valence-electron chi connectivity index (χ3n) is 2.83. The van der Waals surface area contributed by atoms with Gasteiger partial charge in [0.2, 0.25) is 0 Å². The Kier molecular flexibility index (Phi) is 8.79. The summed E-state index contributed by atoms with van der Waals surface area (Å²) in [7, 11) is -1.43. The zero-order chi connectivity index (χ0) is 15.2. The van der Waals surface area contributed by atoms with Crippen molar-refractivity contribution in [1.82, 2.24) is 10.6 Å². The van der Waals surface area contributed by atoms with Gasteiger partial charge in [0, 0.05) is 18.5 Å². The molecule has 0 saturated heterocycles. The number of thiophene rings is 1. The van der Waals surface area contributed by atoms with Gasteiger partial charge in [-0.2, -0.15) is 0 Å². The summed E-state index contributed by atoms with van der Waals surface area (Å²) in [5.41, 5.74) is 0. The van der Waals surface area contributed by atoms with Crippen molar-refractivity contribution in [3.63, 3.8) is 0 Å². The van der Waals surface area contributed by atoms with Crippen LogP contribution in [0.2, 0.25) is 0 Å². The van der Waals surface area contributed by atoms with E-state index in [9.17, 15) is 8.42 Å². The first kappa shape index (κ1) is 20.6. The second kappa shape index (κ2) is 8.94. The summed E-state index contributed by atoms with van der Waals surface area (Å²) in [6.45, 7) is 6.18. The Labute approximate surface area is 148 Å². The SMILES string of the molecule is CN=C(NCCS(=O)(=O)C(C)(C)C)NCc1cccs1.I. The first-order valence-corrected chi connectivity index (χ1v) is 8.98. The maximum atomic E-state index is 12.0. The van der Waals surface area contributed by atoms with E-state index in [1.807, 2.05) is 17.5 Å². The fourth-order valence-corrected chi connectivity index (χ4v) is 3.04. The van der Waals surface area contributed by atoms with Crippen molar-refractivity contribution in [3.8, 4) is 0 Å². The monoisotopic (exact) mass is 445 g/mol. The molecule has 0 bridgehead atoms. The molecule has 0 aliphatic carbocycles. The molecule has 21 heavy (non-hydrogen) atoms. The van der Waals surface area contributed by atoms with Gasteiger partial charge in [-0.25, -0.2) is 8.42 Å². The molecule has 0 radical (unpaired) electrons. The van der Waals surface area contributed by atoms with Gasteiger partial charge < -0.3 is 10.6 Å². The van der Waals surface area contributed by atoms with Crippen molar-refractivity contribution in [2.24, 2.45) is 4.99 Å². The highest BCUT2D eigenvalue weighted by Crippen LogP contribution is 2.15. The van der Waals surface area contributed by atoms with E-state index < -0.39 is 14.6 Å². The van der Waals surface area contributed by atoms with Crippen molar-refractivity contribution < 1.29 is 8.42 Å². The van der Waals surface area contributed by atoms with E-state index in [-0.39, 0.29) is 29.7 Å². The molecule has 0 unspecified atom stereocenters. The summed E-state index contributed by atoms with van der Waals surface area (Å²) < 4.78 is 23.2. The summed E-state index contributed by atoms with van der Waals surface area (Å²) in [6.07, 6.45) is 0. The molecule has 2 N–H and O–H groups in total. The smallest absolute Gasteiger partial charge is 0.191 e. The molecule has 5 nitrogen and oxygen atoms in total. The Morgan fingerprint density at radius 1 is 1.33 bits per heavy atom. The Hall–Kier alpha value is -0.350. The van der Waals surface area contributed by atoms with E-state index in [4.69, 9.17) is 0 Å². The summed E-state index contributed by atoms with van der Waals surface area (Å²) >= 11 is 1.67. The average Bonchev–Trinajstić information content (AvgIpc) is 2.85. The number of nitrogens with zero attached hydrogens (tertiary/aromatic N) is 1. The number of halogens is 1. The van der Waals surface area contributed by atoms with Crippen LogP contribution < -0.4 is 10.6 Å². The Bertz CT molecular complexity index is 534. The van der Waals surface area contributed by atoms with E-state index in [0.717, 1.165) is 0 Å². The minimum atomic E-state index is -3.10. The molecule has 0 amide bonds. The van der Waals surface area contributed by atoms with Crippen LogP contribution in [0.4, 0.5) is 0 Å². The molecular weight excluding hydrogens is 421 g/mol. The average molecular weight is 445 g/mol. The lowest BCUT2D eigenvalue weighted by atomic mass is 10.3. The van der Waals surface area contributed by atoms with E-state index in [2.05, 4.69) is 15.6 Å². The van der Waals surface area contributed by atoms with Crippen LogP contribution in [0.25, 0.3) is 0 Å². The Balaban J connectivity index is 0.00000400. The van der Waals surface area contributed by atoms with Crippen LogP contribution in [0.5, 0.6) is 0 Å². The topological polar surface area (TPSA) is 70.6 Å². The van der Waals surface area contributed by atoms with Crippen LogP contribution in [0.3, 0.4) is 0 Å². The summed E-state index contributed by atoms with van der Waals surface area (Å²) in [6, 6.07) is 4.03. The quantitative estimate of drug-likeness (QED) is 0.415. The first-order valence-electron chi connectivity index (χ1n) is 6.45. The molecule has 0 aliphatic heterocycles. The highest BCUT2D eigenvalue weighted by atomic mass is 127. The van der Waals surface area contributed by atoms with Gasteiger partial charge in [-0.3, -0.25) is 4.99 Å². The number of hydrogen-bond acceptors (Lipinski definition) is 4. The molecule has 8 heteroatoms. The van der Waals surface area contributed by atoms with Crippen LogP contribution >= 0.6 is 35.3 Å². The predicted molar refractivity (Wildman–Crippen MR) is 101 cm³/mol.